The monoisotopic (exact) mass is 217 g/mol. The molecule has 84 valence electrons. The largest absolute Gasteiger partial charge is 0.391 e. The molecule has 0 fully saturated rings. The lowest BCUT2D eigenvalue weighted by molar-refractivity contribution is 0.280. The Labute approximate surface area is 94.7 Å². The number of benzene rings is 1. The average molecular weight is 217 g/mol. The van der Waals surface area contributed by atoms with Crippen molar-refractivity contribution in [3.63, 3.8) is 0 Å². The standard InChI is InChI=1S/C13H15NO2/c1-8-4-9(2)12(10(3)5-8)13-11(6-15)7-16-14-13/h4-5,7,15H,6H2,1-3H3. The maximum absolute atomic E-state index is 9.21. The highest BCUT2D eigenvalue weighted by molar-refractivity contribution is 5.70. The van der Waals surface area contributed by atoms with E-state index in [4.69, 9.17) is 4.52 Å². The van der Waals surface area contributed by atoms with Gasteiger partial charge in [-0.15, -0.1) is 0 Å². The molecule has 0 aliphatic rings. The molecule has 0 atom stereocenters. The Morgan fingerprint density at radius 1 is 1.19 bits per heavy atom. The Kier molecular flexibility index (Phi) is 2.79. The number of rotatable bonds is 2. The summed E-state index contributed by atoms with van der Waals surface area (Å²) in [6, 6.07) is 4.22. The minimum Gasteiger partial charge on any atom is -0.391 e. The zero-order chi connectivity index (χ0) is 11.7. The van der Waals surface area contributed by atoms with E-state index in [0.29, 0.717) is 0 Å². The molecule has 1 N–H and O–H groups in total. The van der Waals surface area contributed by atoms with Crippen molar-refractivity contribution in [3.8, 4) is 11.3 Å². The summed E-state index contributed by atoms with van der Waals surface area (Å²) >= 11 is 0. The minimum atomic E-state index is -0.0500. The van der Waals surface area contributed by atoms with Crippen molar-refractivity contribution in [2.75, 3.05) is 0 Å². The van der Waals surface area contributed by atoms with E-state index in [-0.39, 0.29) is 6.61 Å². The fraction of sp³-hybridized carbons (Fsp3) is 0.308. The lowest BCUT2D eigenvalue weighted by Crippen LogP contribution is -1.93. The number of aryl methyl sites for hydroxylation is 3. The number of aliphatic hydroxyl groups excluding tert-OH is 1. The summed E-state index contributed by atoms with van der Waals surface area (Å²) in [5, 5.41) is 13.2. The van der Waals surface area contributed by atoms with E-state index in [2.05, 4.69) is 24.2 Å². The lowest BCUT2D eigenvalue weighted by atomic mass is 9.96. The summed E-state index contributed by atoms with van der Waals surface area (Å²) in [4.78, 5) is 0. The normalized spacial score (nSPS) is 10.8. The van der Waals surface area contributed by atoms with Gasteiger partial charge in [-0.3, -0.25) is 0 Å². The van der Waals surface area contributed by atoms with E-state index in [9.17, 15) is 5.11 Å². The Bertz CT molecular complexity index is 491. The highest BCUT2D eigenvalue weighted by atomic mass is 16.5. The van der Waals surface area contributed by atoms with Gasteiger partial charge >= 0.3 is 0 Å². The predicted molar refractivity (Wildman–Crippen MR) is 62.1 cm³/mol. The van der Waals surface area contributed by atoms with Crippen LogP contribution in [0.1, 0.15) is 22.3 Å². The fourth-order valence-electron chi connectivity index (χ4n) is 2.13. The zero-order valence-corrected chi connectivity index (χ0v) is 9.74. The molecule has 0 radical (unpaired) electrons. The SMILES string of the molecule is Cc1cc(C)c(-c2nocc2CO)c(C)c1. The molecule has 0 bridgehead atoms. The average Bonchev–Trinajstić information content (AvgIpc) is 2.64. The summed E-state index contributed by atoms with van der Waals surface area (Å²) < 4.78 is 4.92. The van der Waals surface area contributed by atoms with Gasteiger partial charge < -0.3 is 9.63 Å². The first-order chi connectivity index (χ1) is 7.63. The molecule has 2 rings (SSSR count). The van der Waals surface area contributed by atoms with Gasteiger partial charge in [-0.1, -0.05) is 22.9 Å². The number of aliphatic hydroxyl groups is 1. The molecule has 1 heterocycles. The molecule has 0 saturated heterocycles. The maximum atomic E-state index is 9.21. The van der Waals surface area contributed by atoms with Crippen LogP contribution in [0, 0.1) is 20.8 Å². The lowest BCUT2D eigenvalue weighted by Gasteiger charge is -2.09. The van der Waals surface area contributed by atoms with Crippen LogP contribution < -0.4 is 0 Å². The molecule has 2 aromatic rings. The van der Waals surface area contributed by atoms with E-state index in [1.54, 1.807) is 0 Å². The number of hydrogen-bond donors (Lipinski definition) is 1. The smallest absolute Gasteiger partial charge is 0.129 e. The van der Waals surface area contributed by atoms with Gasteiger partial charge in [0.05, 0.1) is 6.61 Å². The van der Waals surface area contributed by atoms with Crippen LogP contribution in [0.5, 0.6) is 0 Å². The maximum Gasteiger partial charge on any atom is 0.129 e. The molecule has 0 aliphatic heterocycles. The van der Waals surface area contributed by atoms with Crippen molar-refractivity contribution >= 4 is 0 Å². The van der Waals surface area contributed by atoms with Crippen LogP contribution in [0.15, 0.2) is 22.9 Å². The third-order valence-corrected chi connectivity index (χ3v) is 2.73. The second-order valence-corrected chi connectivity index (χ2v) is 4.12. The Hall–Kier alpha value is -1.61. The van der Waals surface area contributed by atoms with E-state index >= 15 is 0 Å². The molecular formula is C13H15NO2. The van der Waals surface area contributed by atoms with Crippen molar-refractivity contribution in [1.82, 2.24) is 5.16 Å². The molecule has 3 nitrogen and oxygen atoms in total. The van der Waals surface area contributed by atoms with Crippen LogP contribution >= 0.6 is 0 Å². The van der Waals surface area contributed by atoms with Crippen molar-refractivity contribution in [3.05, 3.63) is 40.6 Å². The van der Waals surface area contributed by atoms with E-state index in [1.165, 1.54) is 11.8 Å². The third kappa shape index (κ3) is 1.74. The predicted octanol–water partition coefficient (Wildman–Crippen LogP) is 2.76. The quantitative estimate of drug-likeness (QED) is 0.841. The van der Waals surface area contributed by atoms with Gasteiger partial charge in [-0.05, 0) is 31.9 Å². The summed E-state index contributed by atoms with van der Waals surface area (Å²) in [6.45, 7) is 6.11. The summed E-state index contributed by atoms with van der Waals surface area (Å²) in [5.41, 5.74) is 6.07. The number of nitrogens with zero attached hydrogens (tertiary/aromatic N) is 1. The number of aromatic nitrogens is 1. The fourth-order valence-corrected chi connectivity index (χ4v) is 2.13. The molecule has 16 heavy (non-hydrogen) atoms. The van der Waals surface area contributed by atoms with Crippen molar-refractivity contribution in [2.24, 2.45) is 0 Å². The van der Waals surface area contributed by atoms with Gasteiger partial charge in [0.1, 0.15) is 12.0 Å². The second kappa shape index (κ2) is 4.10. The molecule has 0 amide bonds. The van der Waals surface area contributed by atoms with Crippen LogP contribution in [0.4, 0.5) is 0 Å². The summed E-state index contributed by atoms with van der Waals surface area (Å²) in [6.07, 6.45) is 1.49. The molecule has 0 saturated carbocycles. The van der Waals surface area contributed by atoms with Gasteiger partial charge in [-0.25, -0.2) is 0 Å². The van der Waals surface area contributed by atoms with Crippen molar-refractivity contribution in [1.29, 1.82) is 0 Å². The first-order valence-electron chi connectivity index (χ1n) is 5.26. The Morgan fingerprint density at radius 2 is 1.81 bits per heavy atom. The van der Waals surface area contributed by atoms with Crippen LogP contribution in [0.25, 0.3) is 11.3 Å². The molecule has 1 aromatic carbocycles. The van der Waals surface area contributed by atoms with Gasteiger partial charge in [0.2, 0.25) is 0 Å². The molecule has 0 aliphatic carbocycles. The van der Waals surface area contributed by atoms with Gasteiger partial charge in [-0.2, -0.15) is 0 Å². The van der Waals surface area contributed by atoms with Crippen molar-refractivity contribution in [2.45, 2.75) is 27.4 Å². The Morgan fingerprint density at radius 3 is 2.38 bits per heavy atom. The third-order valence-electron chi connectivity index (χ3n) is 2.73. The Balaban J connectivity index is 2.64. The van der Waals surface area contributed by atoms with Crippen molar-refractivity contribution < 1.29 is 9.63 Å². The summed E-state index contributed by atoms with van der Waals surface area (Å²) in [7, 11) is 0. The zero-order valence-electron chi connectivity index (χ0n) is 9.74. The van der Waals surface area contributed by atoms with Crippen LogP contribution in [0.3, 0.4) is 0 Å². The van der Waals surface area contributed by atoms with Gasteiger partial charge in [0.15, 0.2) is 0 Å². The van der Waals surface area contributed by atoms with E-state index < -0.39 is 0 Å². The molecule has 0 spiro atoms. The molecule has 1 aromatic heterocycles. The van der Waals surface area contributed by atoms with Crippen LogP contribution in [-0.2, 0) is 6.61 Å². The first-order valence-corrected chi connectivity index (χ1v) is 5.26. The van der Waals surface area contributed by atoms with Gasteiger partial charge in [0, 0.05) is 11.1 Å². The molecule has 0 unspecified atom stereocenters. The number of hydrogen-bond acceptors (Lipinski definition) is 3. The molecular weight excluding hydrogens is 202 g/mol. The van der Waals surface area contributed by atoms with E-state index in [1.807, 2.05) is 13.8 Å². The highest BCUT2D eigenvalue weighted by Crippen LogP contribution is 2.29. The van der Waals surface area contributed by atoms with Crippen LogP contribution in [-0.4, -0.2) is 10.3 Å². The topological polar surface area (TPSA) is 46.3 Å². The van der Waals surface area contributed by atoms with Crippen LogP contribution in [0.2, 0.25) is 0 Å². The second-order valence-electron chi connectivity index (χ2n) is 4.12. The minimum absolute atomic E-state index is 0.0500. The highest BCUT2D eigenvalue weighted by Gasteiger charge is 2.14. The van der Waals surface area contributed by atoms with Gasteiger partial charge in [0.25, 0.3) is 0 Å². The summed E-state index contributed by atoms with van der Waals surface area (Å²) in [5.74, 6) is 0. The van der Waals surface area contributed by atoms with E-state index in [0.717, 1.165) is 27.9 Å². The first kappa shape index (κ1) is 10.9. The molecule has 3 heteroatoms.